The first-order valence-electron chi connectivity index (χ1n) is 8.11. The molecule has 1 N–H and O–H groups in total. The summed E-state index contributed by atoms with van der Waals surface area (Å²) in [5.74, 6) is -0.318. The summed E-state index contributed by atoms with van der Waals surface area (Å²) in [6, 6.07) is 10.0. The van der Waals surface area contributed by atoms with Crippen molar-refractivity contribution in [2.75, 3.05) is 18.5 Å². The highest BCUT2D eigenvalue weighted by Crippen LogP contribution is 2.27. The number of carbonyl (C=O) groups is 1. The number of nitrogens with one attached hydrogen (secondary N) is 1. The monoisotopic (exact) mass is 390 g/mol. The second-order valence-electron chi connectivity index (χ2n) is 5.40. The van der Waals surface area contributed by atoms with E-state index < -0.39 is 17.5 Å². The van der Waals surface area contributed by atoms with Gasteiger partial charge in [0, 0.05) is 10.9 Å². The highest BCUT2D eigenvalue weighted by Gasteiger charge is 2.12. The fourth-order valence-corrected chi connectivity index (χ4v) is 2.98. The molecule has 1 heterocycles. The largest absolute Gasteiger partial charge is 0.494 e. The van der Waals surface area contributed by atoms with Gasteiger partial charge in [0.1, 0.15) is 23.1 Å². The molecule has 1 amide bonds. The predicted molar refractivity (Wildman–Crippen MR) is 99.2 cm³/mol. The summed E-state index contributed by atoms with van der Waals surface area (Å²) >= 11 is 1.11. The van der Waals surface area contributed by atoms with Crippen molar-refractivity contribution >= 4 is 22.4 Å². The van der Waals surface area contributed by atoms with Crippen LogP contribution in [0.25, 0.3) is 11.3 Å². The van der Waals surface area contributed by atoms with E-state index >= 15 is 0 Å². The average molecular weight is 390 g/mol. The molecule has 3 aromatic rings. The molecule has 0 aliphatic heterocycles. The Bertz CT molecular complexity index is 929. The van der Waals surface area contributed by atoms with Crippen molar-refractivity contribution in [1.29, 1.82) is 0 Å². The minimum absolute atomic E-state index is 0.0392. The van der Waals surface area contributed by atoms with E-state index in [9.17, 15) is 13.6 Å². The van der Waals surface area contributed by atoms with Crippen molar-refractivity contribution in [2.24, 2.45) is 0 Å². The van der Waals surface area contributed by atoms with Crippen LogP contribution in [0.3, 0.4) is 0 Å². The van der Waals surface area contributed by atoms with Crippen LogP contribution >= 0.6 is 11.3 Å². The molecule has 5 nitrogen and oxygen atoms in total. The van der Waals surface area contributed by atoms with Crippen LogP contribution in [0.2, 0.25) is 0 Å². The van der Waals surface area contributed by atoms with Gasteiger partial charge in [-0.25, -0.2) is 13.8 Å². The Morgan fingerprint density at radius 3 is 2.52 bits per heavy atom. The van der Waals surface area contributed by atoms with E-state index in [4.69, 9.17) is 9.47 Å². The van der Waals surface area contributed by atoms with Gasteiger partial charge in [-0.2, -0.15) is 0 Å². The average Bonchev–Trinajstić information content (AvgIpc) is 3.11. The van der Waals surface area contributed by atoms with Gasteiger partial charge in [0.05, 0.1) is 12.3 Å². The fraction of sp³-hybridized carbons (Fsp3) is 0.158. The maximum atomic E-state index is 13.8. The van der Waals surface area contributed by atoms with E-state index in [1.165, 1.54) is 0 Å². The lowest BCUT2D eigenvalue weighted by atomic mass is 10.1. The lowest BCUT2D eigenvalue weighted by molar-refractivity contribution is -0.118. The first kappa shape index (κ1) is 18.8. The molecule has 2 aromatic carbocycles. The molecule has 0 fully saturated rings. The molecule has 27 heavy (non-hydrogen) atoms. The number of ether oxygens (including phenoxy) is 2. The van der Waals surface area contributed by atoms with Crippen LogP contribution in [0, 0.1) is 11.6 Å². The smallest absolute Gasteiger partial charge is 0.264 e. The second-order valence-corrected chi connectivity index (χ2v) is 6.26. The van der Waals surface area contributed by atoms with Gasteiger partial charge in [-0.3, -0.25) is 10.1 Å². The van der Waals surface area contributed by atoms with E-state index in [2.05, 4.69) is 10.3 Å². The third kappa shape index (κ3) is 5.01. The van der Waals surface area contributed by atoms with Crippen molar-refractivity contribution in [3.63, 3.8) is 0 Å². The molecule has 0 aliphatic rings. The zero-order chi connectivity index (χ0) is 19.2. The minimum atomic E-state index is -0.585. The Balaban J connectivity index is 1.57. The first-order valence-corrected chi connectivity index (χ1v) is 8.99. The molecule has 3 rings (SSSR count). The van der Waals surface area contributed by atoms with Gasteiger partial charge in [0.15, 0.2) is 11.7 Å². The van der Waals surface area contributed by atoms with Gasteiger partial charge in [0.25, 0.3) is 5.91 Å². The zero-order valence-corrected chi connectivity index (χ0v) is 15.2. The maximum absolute atomic E-state index is 13.8. The first-order chi connectivity index (χ1) is 13.0. The van der Waals surface area contributed by atoms with Gasteiger partial charge in [0.2, 0.25) is 0 Å². The molecule has 1 aromatic heterocycles. The number of aromatic nitrogens is 1. The zero-order valence-electron chi connectivity index (χ0n) is 14.4. The SMILES string of the molecule is CCOc1ccc(OCC(=O)Nc2nc(-c3cc(F)ccc3F)cs2)cc1. The molecule has 0 radical (unpaired) electrons. The van der Waals surface area contributed by atoms with Crippen LogP contribution in [0.4, 0.5) is 13.9 Å². The fourth-order valence-electron chi connectivity index (χ4n) is 2.25. The minimum Gasteiger partial charge on any atom is -0.494 e. The normalized spacial score (nSPS) is 10.5. The lowest BCUT2D eigenvalue weighted by Crippen LogP contribution is -2.20. The number of nitrogens with zero attached hydrogens (tertiary/aromatic N) is 1. The standard InChI is InChI=1S/C19H16F2N2O3S/c1-2-25-13-4-6-14(7-5-13)26-10-18(24)23-19-22-17(11-27-19)15-9-12(20)3-8-16(15)21/h3-9,11H,2,10H2,1H3,(H,22,23,24). The highest BCUT2D eigenvalue weighted by molar-refractivity contribution is 7.14. The van der Waals surface area contributed by atoms with Crippen molar-refractivity contribution < 1.29 is 23.0 Å². The van der Waals surface area contributed by atoms with Crippen molar-refractivity contribution in [1.82, 2.24) is 4.98 Å². The molecule has 0 bridgehead atoms. The maximum Gasteiger partial charge on any atom is 0.264 e. The van der Waals surface area contributed by atoms with Gasteiger partial charge < -0.3 is 9.47 Å². The second kappa shape index (κ2) is 8.59. The Hall–Kier alpha value is -3.00. The van der Waals surface area contributed by atoms with E-state index in [1.807, 2.05) is 6.92 Å². The number of amides is 1. The summed E-state index contributed by atoms with van der Waals surface area (Å²) in [4.78, 5) is 16.1. The molecule has 0 unspecified atom stereocenters. The Morgan fingerprint density at radius 1 is 1.11 bits per heavy atom. The number of carbonyl (C=O) groups excluding carboxylic acids is 1. The number of halogens is 2. The van der Waals surface area contributed by atoms with Crippen LogP contribution in [-0.4, -0.2) is 24.1 Å². The predicted octanol–water partition coefficient (Wildman–Crippen LogP) is 4.50. The molecule has 0 saturated carbocycles. The topological polar surface area (TPSA) is 60.5 Å². The Morgan fingerprint density at radius 2 is 1.81 bits per heavy atom. The van der Waals surface area contributed by atoms with E-state index in [0.717, 1.165) is 29.5 Å². The van der Waals surface area contributed by atoms with Crippen LogP contribution < -0.4 is 14.8 Å². The summed E-state index contributed by atoms with van der Waals surface area (Å²) in [5.41, 5.74) is 0.289. The van der Waals surface area contributed by atoms with Gasteiger partial charge in [-0.15, -0.1) is 11.3 Å². The van der Waals surface area contributed by atoms with E-state index in [-0.39, 0.29) is 23.0 Å². The molecule has 140 valence electrons. The molecule has 0 atom stereocenters. The summed E-state index contributed by atoms with van der Waals surface area (Å²) in [6.07, 6.45) is 0. The lowest BCUT2D eigenvalue weighted by Gasteiger charge is -2.07. The summed E-state index contributed by atoms with van der Waals surface area (Å²) in [7, 11) is 0. The summed E-state index contributed by atoms with van der Waals surface area (Å²) < 4.78 is 37.8. The quantitative estimate of drug-likeness (QED) is 0.645. The van der Waals surface area contributed by atoms with Crippen LogP contribution in [0.1, 0.15) is 6.92 Å². The third-order valence-corrected chi connectivity index (χ3v) is 4.22. The number of hydrogen-bond acceptors (Lipinski definition) is 5. The number of thiazole rings is 1. The number of anilines is 1. The van der Waals surface area contributed by atoms with Gasteiger partial charge >= 0.3 is 0 Å². The van der Waals surface area contributed by atoms with Gasteiger partial charge in [-0.05, 0) is 49.4 Å². The molecular weight excluding hydrogens is 374 g/mol. The molecule has 0 saturated heterocycles. The van der Waals surface area contributed by atoms with Crippen molar-refractivity contribution in [3.8, 4) is 22.8 Å². The van der Waals surface area contributed by atoms with E-state index in [0.29, 0.717) is 18.1 Å². The Kier molecular flexibility index (Phi) is 5.97. The van der Waals surface area contributed by atoms with Crippen molar-refractivity contribution in [2.45, 2.75) is 6.92 Å². The molecule has 8 heteroatoms. The molecule has 0 aliphatic carbocycles. The summed E-state index contributed by atoms with van der Waals surface area (Å²) in [6.45, 7) is 2.25. The van der Waals surface area contributed by atoms with Crippen LogP contribution in [-0.2, 0) is 4.79 Å². The Labute approximate surface area is 158 Å². The molecule has 0 spiro atoms. The van der Waals surface area contributed by atoms with Crippen molar-refractivity contribution in [3.05, 3.63) is 59.5 Å². The number of hydrogen-bond donors (Lipinski definition) is 1. The number of rotatable bonds is 7. The van der Waals surface area contributed by atoms with Crippen LogP contribution in [0.5, 0.6) is 11.5 Å². The molecular formula is C19H16F2N2O3S. The third-order valence-electron chi connectivity index (χ3n) is 3.46. The van der Waals surface area contributed by atoms with Gasteiger partial charge in [-0.1, -0.05) is 0 Å². The van der Waals surface area contributed by atoms with Crippen LogP contribution in [0.15, 0.2) is 47.8 Å². The summed E-state index contributed by atoms with van der Waals surface area (Å²) in [5, 5.41) is 4.39. The highest BCUT2D eigenvalue weighted by atomic mass is 32.1. The number of benzene rings is 2. The van der Waals surface area contributed by atoms with E-state index in [1.54, 1.807) is 29.6 Å².